The first-order chi connectivity index (χ1) is 17.0. The normalized spacial score (nSPS) is 12.4. The molecule has 0 radical (unpaired) electrons. The Morgan fingerprint density at radius 3 is 2.17 bits per heavy atom. The minimum Gasteiger partial charge on any atom is -0.478 e. The summed E-state index contributed by atoms with van der Waals surface area (Å²) in [5, 5.41) is 14.5. The van der Waals surface area contributed by atoms with E-state index in [4.69, 9.17) is 4.74 Å². The molecule has 0 spiro atoms. The molecule has 0 saturated heterocycles. The van der Waals surface area contributed by atoms with E-state index in [2.05, 4.69) is 22.5 Å². The second kappa shape index (κ2) is 10.6. The molecule has 1 atom stereocenters. The summed E-state index contributed by atoms with van der Waals surface area (Å²) >= 11 is 0. The highest BCUT2D eigenvalue weighted by Gasteiger charge is 2.30. The van der Waals surface area contributed by atoms with Crippen molar-refractivity contribution in [3.63, 3.8) is 0 Å². The molecular formula is C28H24N2O5. The second-order valence-corrected chi connectivity index (χ2v) is 7.99. The Kier molecular flexibility index (Phi) is 7.12. The van der Waals surface area contributed by atoms with E-state index in [9.17, 15) is 19.5 Å². The number of benzene rings is 3. The summed E-state index contributed by atoms with van der Waals surface area (Å²) in [6, 6.07) is 21.0. The quantitative estimate of drug-likeness (QED) is 0.438. The maximum Gasteiger partial charge on any atom is 0.407 e. The fourth-order valence-electron chi connectivity index (χ4n) is 4.19. The molecule has 0 fully saturated rings. The summed E-state index contributed by atoms with van der Waals surface area (Å²) in [5.41, 5.74) is 4.47. The zero-order valence-corrected chi connectivity index (χ0v) is 19.1. The van der Waals surface area contributed by atoms with E-state index >= 15 is 0 Å². The molecule has 1 aliphatic carbocycles. The number of carbonyl (C=O) groups is 3. The van der Waals surface area contributed by atoms with Gasteiger partial charge in [0.25, 0.3) is 0 Å². The molecular weight excluding hydrogens is 444 g/mol. The zero-order chi connectivity index (χ0) is 24.8. The van der Waals surface area contributed by atoms with Gasteiger partial charge in [-0.3, -0.25) is 4.79 Å². The number of aromatic carboxylic acids is 1. The minimum atomic E-state index is -1.17. The molecule has 3 aromatic carbocycles. The molecule has 3 N–H and O–H groups in total. The molecule has 1 unspecified atom stereocenters. The van der Waals surface area contributed by atoms with Crippen molar-refractivity contribution in [3.05, 3.63) is 89.5 Å². The Morgan fingerprint density at radius 2 is 1.54 bits per heavy atom. The van der Waals surface area contributed by atoms with E-state index < -0.39 is 24.0 Å². The fraction of sp³-hybridized carbons (Fsp3) is 0.179. The number of amides is 2. The SMILES string of the molecule is CC#CCC(NC(=O)OCC1c2ccccc2-c2ccccc21)C(=O)Nc1ccccc1C(=O)O. The Morgan fingerprint density at radius 1 is 0.943 bits per heavy atom. The van der Waals surface area contributed by atoms with Crippen LogP contribution in [0.5, 0.6) is 0 Å². The Labute approximate surface area is 203 Å². The van der Waals surface area contributed by atoms with Crippen molar-refractivity contribution in [2.24, 2.45) is 0 Å². The van der Waals surface area contributed by atoms with E-state index in [1.54, 1.807) is 19.1 Å². The average Bonchev–Trinajstić information content (AvgIpc) is 3.19. The lowest BCUT2D eigenvalue weighted by Crippen LogP contribution is -2.44. The predicted molar refractivity (Wildman–Crippen MR) is 132 cm³/mol. The molecule has 0 aliphatic heterocycles. The number of para-hydroxylation sites is 1. The maximum atomic E-state index is 12.9. The molecule has 1 aliphatic rings. The van der Waals surface area contributed by atoms with Crippen LogP contribution in [0.4, 0.5) is 10.5 Å². The lowest BCUT2D eigenvalue weighted by molar-refractivity contribution is -0.118. The van der Waals surface area contributed by atoms with Gasteiger partial charge >= 0.3 is 12.1 Å². The van der Waals surface area contributed by atoms with Crippen molar-refractivity contribution in [1.82, 2.24) is 5.32 Å². The van der Waals surface area contributed by atoms with E-state index in [-0.39, 0.29) is 30.2 Å². The molecule has 4 rings (SSSR count). The van der Waals surface area contributed by atoms with Gasteiger partial charge in [-0.1, -0.05) is 60.7 Å². The van der Waals surface area contributed by atoms with Crippen LogP contribution >= 0.6 is 0 Å². The number of alkyl carbamates (subject to hydrolysis) is 1. The van der Waals surface area contributed by atoms with Crippen molar-refractivity contribution in [2.75, 3.05) is 11.9 Å². The maximum absolute atomic E-state index is 12.9. The number of carboxylic acid groups (broad SMARTS) is 1. The van der Waals surface area contributed by atoms with Crippen LogP contribution in [-0.4, -0.2) is 35.7 Å². The first kappa shape index (κ1) is 23.6. The third-order valence-corrected chi connectivity index (χ3v) is 5.85. The van der Waals surface area contributed by atoms with E-state index in [1.807, 2.05) is 48.5 Å². The highest BCUT2D eigenvalue weighted by atomic mass is 16.5. The van der Waals surface area contributed by atoms with Crippen molar-refractivity contribution in [3.8, 4) is 23.0 Å². The van der Waals surface area contributed by atoms with Crippen LogP contribution in [0, 0.1) is 11.8 Å². The van der Waals surface area contributed by atoms with Crippen LogP contribution < -0.4 is 10.6 Å². The summed E-state index contributed by atoms with van der Waals surface area (Å²) < 4.78 is 5.54. The van der Waals surface area contributed by atoms with E-state index in [1.165, 1.54) is 12.1 Å². The van der Waals surface area contributed by atoms with Crippen molar-refractivity contribution < 1.29 is 24.2 Å². The van der Waals surface area contributed by atoms with Gasteiger partial charge in [-0.2, -0.15) is 0 Å². The second-order valence-electron chi connectivity index (χ2n) is 7.99. The molecule has 0 aromatic heterocycles. The summed E-state index contributed by atoms with van der Waals surface area (Å²) in [5.74, 6) is 3.61. The number of fused-ring (bicyclic) bond motifs is 3. The molecule has 35 heavy (non-hydrogen) atoms. The van der Waals surface area contributed by atoms with Crippen LogP contribution in [0.25, 0.3) is 11.1 Å². The van der Waals surface area contributed by atoms with Gasteiger partial charge in [-0.25, -0.2) is 9.59 Å². The summed E-state index contributed by atoms with van der Waals surface area (Å²) in [4.78, 5) is 37.0. The Hall–Kier alpha value is -4.57. The van der Waals surface area contributed by atoms with Gasteiger partial charge in [0, 0.05) is 12.3 Å². The van der Waals surface area contributed by atoms with Crippen LogP contribution in [-0.2, 0) is 9.53 Å². The van der Waals surface area contributed by atoms with Crippen LogP contribution in [0.2, 0.25) is 0 Å². The van der Waals surface area contributed by atoms with Gasteiger partial charge in [0.15, 0.2) is 0 Å². The Balaban J connectivity index is 1.45. The number of hydrogen-bond acceptors (Lipinski definition) is 4. The summed E-state index contributed by atoms with van der Waals surface area (Å²) in [6.45, 7) is 1.73. The Bertz CT molecular complexity index is 1290. The van der Waals surface area contributed by atoms with Gasteiger partial charge in [-0.05, 0) is 41.3 Å². The third kappa shape index (κ3) is 5.17. The number of ether oxygens (including phenoxy) is 1. The van der Waals surface area contributed by atoms with Gasteiger partial charge in [-0.15, -0.1) is 11.8 Å². The van der Waals surface area contributed by atoms with E-state index in [0.717, 1.165) is 22.3 Å². The first-order valence-corrected chi connectivity index (χ1v) is 11.1. The molecule has 7 heteroatoms. The number of anilines is 1. The van der Waals surface area contributed by atoms with Crippen LogP contribution in [0.1, 0.15) is 40.7 Å². The van der Waals surface area contributed by atoms with Crippen molar-refractivity contribution >= 4 is 23.7 Å². The molecule has 176 valence electrons. The third-order valence-electron chi connectivity index (χ3n) is 5.85. The van der Waals surface area contributed by atoms with Gasteiger partial charge in [0.1, 0.15) is 12.6 Å². The fourth-order valence-corrected chi connectivity index (χ4v) is 4.19. The van der Waals surface area contributed by atoms with Crippen LogP contribution in [0.15, 0.2) is 72.8 Å². The number of rotatable bonds is 7. The minimum absolute atomic E-state index is 0.0434. The summed E-state index contributed by atoms with van der Waals surface area (Å²) in [7, 11) is 0. The number of carboxylic acids is 1. The number of carbonyl (C=O) groups excluding carboxylic acids is 2. The summed E-state index contributed by atoms with van der Waals surface area (Å²) in [6.07, 6.45) is -0.710. The van der Waals surface area contributed by atoms with Gasteiger partial charge in [0.2, 0.25) is 5.91 Å². The monoisotopic (exact) mass is 468 g/mol. The van der Waals surface area contributed by atoms with Gasteiger partial charge < -0.3 is 20.5 Å². The van der Waals surface area contributed by atoms with Gasteiger partial charge in [0.05, 0.1) is 11.3 Å². The highest BCUT2D eigenvalue weighted by Crippen LogP contribution is 2.44. The standard InChI is InChI=1S/C28H24N2O5/c1-2-3-15-25(26(31)29-24-16-9-8-14-22(24)27(32)33)30-28(34)35-17-23-20-12-6-4-10-18(20)19-11-5-7-13-21(19)23/h4-14,16,23,25H,15,17H2,1H3,(H,29,31)(H,30,34)(H,32,33). The number of hydrogen-bond donors (Lipinski definition) is 3. The largest absolute Gasteiger partial charge is 0.478 e. The smallest absolute Gasteiger partial charge is 0.407 e. The predicted octanol–water partition coefficient (Wildman–Crippen LogP) is 4.64. The first-order valence-electron chi connectivity index (χ1n) is 11.1. The molecule has 0 bridgehead atoms. The topological polar surface area (TPSA) is 105 Å². The zero-order valence-electron chi connectivity index (χ0n) is 19.1. The molecule has 0 saturated carbocycles. The van der Waals surface area contributed by atoms with Crippen LogP contribution in [0.3, 0.4) is 0 Å². The molecule has 0 heterocycles. The molecule has 3 aromatic rings. The van der Waals surface area contributed by atoms with Crippen molar-refractivity contribution in [2.45, 2.75) is 25.3 Å². The molecule has 7 nitrogen and oxygen atoms in total. The van der Waals surface area contributed by atoms with Crippen molar-refractivity contribution in [1.29, 1.82) is 0 Å². The lowest BCUT2D eigenvalue weighted by Gasteiger charge is -2.19. The number of nitrogens with one attached hydrogen (secondary N) is 2. The lowest BCUT2D eigenvalue weighted by atomic mass is 9.98. The van der Waals surface area contributed by atoms with E-state index in [0.29, 0.717) is 0 Å². The average molecular weight is 469 g/mol. The molecule has 2 amide bonds. The highest BCUT2D eigenvalue weighted by molar-refractivity contribution is 6.02.